The summed E-state index contributed by atoms with van der Waals surface area (Å²) in [6.45, 7) is 7.34. The van der Waals surface area contributed by atoms with Crippen LogP contribution in [0.2, 0.25) is 0 Å². The van der Waals surface area contributed by atoms with Crippen LogP contribution < -0.4 is 20.2 Å². The van der Waals surface area contributed by atoms with E-state index in [0.717, 1.165) is 30.2 Å². The number of methoxy groups -OCH3 is 1. The lowest BCUT2D eigenvalue weighted by atomic mass is 10.1. The topological polar surface area (TPSA) is 149 Å². The summed E-state index contributed by atoms with van der Waals surface area (Å²) in [4.78, 5) is 61.4. The number of benzene rings is 2. The molecule has 1 saturated carbocycles. The first kappa shape index (κ1) is 37.4. The van der Waals surface area contributed by atoms with Crippen LogP contribution in [-0.4, -0.2) is 89.0 Å². The fourth-order valence-corrected chi connectivity index (χ4v) is 6.93. The fourth-order valence-electron chi connectivity index (χ4n) is 6.93. The molecule has 0 spiro atoms. The maximum atomic E-state index is 14.5. The van der Waals surface area contributed by atoms with Crippen molar-refractivity contribution in [3.63, 3.8) is 0 Å². The molecule has 282 valence electrons. The smallest absolute Gasteiger partial charge is 0.426 e. The minimum atomic E-state index is -1.23. The largest absolute Gasteiger partial charge is 0.497 e. The Morgan fingerprint density at radius 1 is 1.06 bits per heavy atom. The molecule has 6 rings (SSSR count). The van der Waals surface area contributed by atoms with Crippen molar-refractivity contribution in [1.29, 1.82) is 0 Å². The van der Waals surface area contributed by atoms with Crippen LogP contribution in [0.15, 0.2) is 66.7 Å². The predicted molar refractivity (Wildman–Crippen MR) is 198 cm³/mol. The molecule has 1 saturated heterocycles. The second-order valence-corrected chi connectivity index (χ2v) is 14.7. The van der Waals surface area contributed by atoms with Crippen LogP contribution in [0, 0.1) is 5.92 Å². The number of ether oxygens (including phenoxy) is 4. The van der Waals surface area contributed by atoms with Crippen molar-refractivity contribution in [2.45, 2.75) is 89.5 Å². The number of urea groups is 1. The quantitative estimate of drug-likeness (QED) is 0.216. The van der Waals surface area contributed by atoms with Crippen molar-refractivity contribution < 1.29 is 38.1 Å². The Hall–Kier alpha value is -5.33. The van der Waals surface area contributed by atoms with Crippen molar-refractivity contribution in [1.82, 2.24) is 25.6 Å². The summed E-state index contributed by atoms with van der Waals surface area (Å²) < 4.78 is 23.1. The summed E-state index contributed by atoms with van der Waals surface area (Å²) >= 11 is 0. The monoisotopic (exact) mass is 727 g/mol. The zero-order valence-electron chi connectivity index (χ0n) is 31.1. The van der Waals surface area contributed by atoms with E-state index in [9.17, 15) is 19.2 Å². The van der Waals surface area contributed by atoms with Crippen molar-refractivity contribution in [2.75, 3.05) is 26.8 Å². The number of hydrogen-bond acceptors (Lipinski definition) is 9. The second-order valence-electron chi connectivity index (χ2n) is 14.7. The van der Waals surface area contributed by atoms with Gasteiger partial charge in [0, 0.05) is 42.0 Å². The maximum absolute atomic E-state index is 14.5. The van der Waals surface area contributed by atoms with Gasteiger partial charge < -0.3 is 29.2 Å². The molecule has 3 aliphatic rings. The van der Waals surface area contributed by atoms with E-state index in [2.05, 4.69) is 10.7 Å². The van der Waals surface area contributed by atoms with E-state index in [-0.39, 0.29) is 32.0 Å². The highest BCUT2D eigenvalue weighted by molar-refractivity contribution is 5.95. The Balaban J connectivity index is 1.35. The van der Waals surface area contributed by atoms with Gasteiger partial charge in [0.15, 0.2) is 0 Å². The molecule has 4 atom stereocenters. The highest BCUT2D eigenvalue weighted by Crippen LogP contribution is 2.46. The number of carbonyl (C=O) groups is 4. The number of amides is 4. The summed E-state index contributed by atoms with van der Waals surface area (Å²) in [7, 11) is 1.59. The van der Waals surface area contributed by atoms with Crippen LogP contribution in [0.5, 0.6) is 11.5 Å². The maximum Gasteiger partial charge on any atom is 0.426 e. The van der Waals surface area contributed by atoms with Gasteiger partial charge in [0.2, 0.25) is 5.91 Å². The van der Waals surface area contributed by atoms with Crippen LogP contribution in [0.3, 0.4) is 0 Å². The van der Waals surface area contributed by atoms with Gasteiger partial charge in [0.1, 0.15) is 34.8 Å². The number of hydrazine groups is 1. The third-order valence-corrected chi connectivity index (χ3v) is 9.63. The summed E-state index contributed by atoms with van der Waals surface area (Å²) in [5, 5.41) is 4.94. The number of fused-ring (bicyclic) bond motifs is 3. The van der Waals surface area contributed by atoms with Crippen molar-refractivity contribution in [3.8, 4) is 22.8 Å². The molecule has 2 N–H and O–H groups in total. The van der Waals surface area contributed by atoms with Crippen molar-refractivity contribution >= 4 is 34.9 Å². The number of rotatable bonds is 7. The molecule has 4 amide bonds. The Labute approximate surface area is 309 Å². The molecule has 53 heavy (non-hydrogen) atoms. The average molecular weight is 728 g/mol. The van der Waals surface area contributed by atoms with E-state index in [1.165, 1.54) is 9.91 Å². The lowest BCUT2D eigenvalue weighted by Gasteiger charge is -2.32. The number of nitrogens with one attached hydrogen (secondary N) is 2. The molecule has 13 nitrogen and oxygen atoms in total. The Morgan fingerprint density at radius 2 is 1.85 bits per heavy atom. The van der Waals surface area contributed by atoms with Gasteiger partial charge in [-0.3, -0.25) is 4.79 Å². The Morgan fingerprint density at radius 3 is 2.58 bits per heavy atom. The van der Waals surface area contributed by atoms with Gasteiger partial charge in [-0.1, -0.05) is 48.9 Å². The molecular formula is C40H49N5O8. The molecule has 3 heterocycles. The molecular weight excluding hydrogens is 678 g/mol. The first-order chi connectivity index (χ1) is 25.4. The first-order valence-electron chi connectivity index (χ1n) is 18.4. The normalized spacial score (nSPS) is 24.1. The highest BCUT2D eigenvalue weighted by Gasteiger charge is 2.62. The molecule has 0 bridgehead atoms. The molecule has 1 aromatic heterocycles. The molecule has 2 fully saturated rings. The average Bonchev–Trinajstić information content (AvgIpc) is 3.66. The SMILES string of the molecule is CCOC(=O)C12CC1/C=C/CCCCCN(NC(=O)OC(C)(C)C)C(=O)N1CC(Oc3cc(-c4ccccc4)nc4cc(OC)ccc34)CC1C(=O)N2. The lowest BCUT2D eigenvalue weighted by molar-refractivity contribution is -0.149. The zero-order valence-corrected chi connectivity index (χ0v) is 31.1. The first-order valence-corrected chi connectivity index (χ1v) is 18.4. The second kappa shape index (κ2) is 15.7. The Kier molecular flexibility index (Phi) is 11.1. The van der Waals surface area contributed by atoms with Gasteiger partial charge in [-0.25, -0.2) is 29.8 Å². The molecule has 3 aromatic rings. The number of carbonyl (C=O) groups excluding carboxylic acids is 4. The number of pyridine rings is 1. The van der Waals surface area contributed by atoms with Gasteiger partial charge in [-0.05, 0) is 65.5 Å². The predicted octanol–water partition coefficient (Wildman–Crippen LogP) is 6.16. The summed E-state index contributed by atoms with van der Waals surface area (Å²) in [5.74, 6) is -0.0750. The minimum absolute atomic E-state index is 0.0276. The third kappa shape index (κ3) is 8.66. The molecule has 4 unspecified atom stereocenters. The molecule has 1 aliphatic carbocycles. The number of nitrogens with zero attached hydrogens (tertiary/aromatic N) is 3. The minimum Gasteiger partial charge on any atom is -0.497 e. The van der Waals surface area contributed by atoms with E-state index in [4.69, 9.17) is 23.9 Å². The summed E-state index contributed by atoms with van der Waals surface area (Å²) in [6, 6.07) is 15.5. The van der Waals surface area contributed by atoms with Gasteiger partial charge in [0.05, 0.1) is 31.5 Å². The molecule has 2 aromatic carbocycles. The van der Waals surface area contributed by atoms with Crippen LogP contribution >= 0.6 is 0 Å². The third-order valence-electron chi connectivity index (χ3n) is 9.63. The van der Waals surface area contributed by atoms with E-state index in [0.29, 0.717) is 35.6 Å². The fraction of sp³-hybridized carbons (Fsp3) is 0.475. The summed E-state index contributed by atoms with van der Waals surface area (Å²) in [5.41, 5.74) is 2.82. The number of aromatic nitrogens is 1. The van der Waals surface area contributed by atoms with Crippen LogP contribution in [0.25, 0.3) is 22.2 Å². The standard InChI is InChI=1S/C40H49N5O8/c1-6-51-36(47)40-24-27(40)17-13-8-7-9-14-20-45(43-37(48)53-39(2,3)4)38(49)44-25-29(22-33(44)35(46)42-40)52-34-23-31(26-15-11-10-12-16-26)41-32-21-28(50-5)18-19-30(32)34/h10-13,15-19,21,23,27,29,33H,6-9,14,20,22,24-25H2,1-5H3,(H,42,46)(H,43,48)/b17-13+. The van der Waals surface area contributed by atoms with Crippen LogP contribution in [-0.2, 0) is 19.1 Å². The zero-order chi connectivity index (χ0) is 37.8. The number of allylic oxidation sites excluding steroid dienone is 1. The lowest BCUT2D eigenvalue weighted by Crippen LogP contribution is -2.58. The van der Waals surface area contributed by atoms with Crippen LogP contribution in [0.4, 0.5) is 9.59 Å². The van der Waals surface area contributed by atoms with E-state index >= 15 is 0 Å². The summed E-state index contributed by atoms with van der Waals surface area (Å²) in [6.07, 6.45) is 6.11. The van der Waals surface area contributed by atoms with Gasteiger partial charge in [-0.15, -0.1) is 0 Å². The number of hydrogen-bond donors (Lipinski definition) is 2. The molecule has 2 aliphatic heterocycles. The van der Waals surface area contributed by atoms with E-state index in [1.54, 1.807) is 34.8 Å². The van der Waals surface area contributed by atoms with E-state index < -0.39 is 47.3 Å². The van der Waals surface area contributed by atoms with Crippen molar-refractivity contribution in [3.05, 3.63) is 66.7 Å². The Bertz CT molecular complexity index is 1860. The van der Waals surface area contributed by atoms with Gasteiger partial charge >= 0.3 is 18.1 Å². The molecule has 13 heteroatoms. The van der Waals surface area contributed by atoms with Gasteiger partial charge in [-0.2, -0.15) is 0 Å². The number of esters is 1. The molecule has 0 radical (unpaired) electrons. The van der Waals surface area contributed by atoms with E-state index in [1.807, 2.05) is 66.7 Å². The van der Waals surface area contributed by atoms with Gasteiger partial charge in [0.25, 0.3) is 0 Å². The van der Waals surface area contributed by atoms with Crippen molar-refractivity contribution in [2.24, 2.45) is 5.92 Å². The highest BCUT2D eigenvalue weighted by atomic mass is 16.6. The van der Waals surface area contributed by atoms with Crippen LogP contribution in [0.1, 0.15) is 66.2 Å².